The molecule has 1 atom stereocenters. The normalized spacial score (nSPS) is 11.6. The second-order valence-electron chi connectivity index (χ2n) is 3.85. The van der Waals surface area contributed by atoms with E-state index in [0.717, 1.165) is 0 Å². The number of rotatable bonds is 4. The van der Waals surface area contributed by atoms with Crippen LogP contribution in [-0.2, 0) is 4.74 Å². The van der Waals surface area contributed by atoms with Gasteiger partial charge in [0.15, 0.2) is 0 Å². The van der Waals surface area contributed by atoms with E-state index in [9.17, 15) is 14.7 Å². The molecule has 0 aliphatic carbocycles. The number of benzene rings is 2. The summed E-state index contributed by atoms with van der Waals surface area (Å²) in [5.41, 5.74) is 0.568. The molecule has 2 aromatic carbocycles. The quantitative estimate of drug-likeness (QED) is 0.516. The van der Waals surface area contributed by atoms with Gasteiger partial charge < -0.3 is 9.84 Å². The van der Waals surface area contributed by atoms with Crippen molar-refractivity contribution in [2.75, 3.05) is 0 Å². The van der Waals surface area contributed by atoms with Gasteiger partial charge in [-0.3, -0.25) is 4.79 Å². The molecule has 0 amide bonds. The Morgan fingerprint density at radius 3 is 1.84 bits per heavy atom. The van der Waals surface area contributed by atoms with E-state index in [4.69, 9.17) is 4.74 Å². The SMILES string of the molecule is O=C(OC(O)C(=O)c1ccccc1)c1ccccc1. The first-order valence-corrected chi connectivity index (χ1v) is 5.72. The predicted molar refractivity (Wildman–Crippen MR) is 68.6 cm³/mol. The number of esters is 1. The molecule has 4 nitrogen and oxygen atoms in total. The van der Waals surface area contributed by atoms with Gasteiger partial charge in [0.1, 0.15) is 0 Å². The van der Waals surface area contributed by atoms with Gasteiger partial charge in [-0.25, -0.2) is 4.79 Å². The van der Waals surface area contributed by atoms with Crippen LogP contribution in [0.25, 0.3) is 0 Å². The number of ether oxygens (including phenoxy) is 1. The lowest BCUT2D eigenvalue weighted by molar-refractivity contribution is -0.0454. The van der Waals surface area contributed by atoms with Crippen LogP contribution in [0.15, 0.2) is 60.7 Å². The molecule has 2 aromatic rings. The van der Waals surface area contributed by atoms with Crippen LogP contribution < -0.4 is 0 Å². The highest BCUT2D eigenvalue weighted by atomic mass is 16.6. The first-order valence-electron chi connectivity index (χ1n) is 5.72. The molecule has 1 N–H and O–H groups in total. The fourth-order valence-electron chi connectivity index (χ4n) is 1.54. The lowest BCUT2D eigenvalue weighted by Gasteiger charge is -2.10. The van der Waals surface area contributed by atoms with Crippen LogP contribution in [0.5, 0.6) is 0 Å². The third-order valence-electron chi connectivity index (χ3n) is 2.51. The van der Waals surface area contributed by atoms with Crippen molar-refractivity contribution in [1.82, 2.24) is 0 Å². The summed E-state index contributed by atoms with van der Waals surface area (Å²) in [6.45, 7) is 0. The number of carbonyl (C=O) groups is 2. The molecule has 4 heteroatoms. The van der Waals surface area contributed by atoms with Crippen molar-refractivity contribution in [1.29, 1.82) is 0 Å². The monoisotopic (exact) mass is 256 g/mol. The molecular weight excluding hydrogens is 244 g/mol. The Morgan fingerprint density at radius 1 is 0.842 bits per heavy atom. The third-order valence-corrected chi connectivity index (χ3v) is 2.51. The average Bonchev–Trinajstić information content (AvgIpc) is 2.48. The van der Waals surface area contributed by atoms with Gasteiger partial charge in [0, 0.05) is 5.56 Å². The van der Waals surface area contributed by atoms with Crippen LogP contribution in [0.1, 0.15) is 20.7 Å². The maximum atomic E-state index is 11.8. The summed E-state index contributed by atoms with van der Waals surface area (Å²) >= 11 is 0. The van der Waals surface area contributed by atoms with Gasteiger partial charge >= 0.3 is 5.97 Å². The van der Waals surface area contributed by atoms with Gasteiger partial charge in [-0.2, -0.15) is 0 Å². The molecule has 0 bridgehead atoms. The molecule has 0 saturated carbocycles. The van der Waals surface area contributed by atoms with Crippen LogP contribution in [0.2, 0.25) is 0 Å². The zero-order valence-electron chi connectivity index (χ0n) is 10.0. The highest BCUT2D eigenvalue weighted by Crippen LogP contribution is 2.08. The molecule has 1 unspecified atom stereocenters. The van der Waals surface area contributed by atoms with Crippen LogP contribution in [0, 0.1) is 0 Å². The van der Waals surface area contributed by atoms with Crippen molar-refractivity contribution < 1.29 is 19.4 Å². The number of ketones is 1. The maximum Gasteiger partial charge on any atom is 0.340 e. The van der Waals surface area contributed by atoms with Crippen molar-refractivity contribution in [2.45, 2.75) is 6.29 Å². The third kappa shape index (κ3) is 3.26. The minimum atomic E-state index is -1.80. The molecular formula is C15H12O4. The summed E-state index contributed by atoms with van der Waals surface area (Å²) in [4.78, 5) is 23.4. The van der Waals surface area contributed by atoms with E-state index in [-0.39, 0.29) is 11.1 Å². The van der Waals surface area contributed by atoms with E-state index < -0.39 is 18.0 Å². The summed E-state index contributed by atoms with van der Waals surface area (Å²) < 4.78 is 4.72. The number of aliphatic hydroxyl groups excluding tert-OH is 1. The lowest BCUT2D eigenvalue weighted by atomic mass is 10.1. The Balaban J connectivity index is 2.04. The molecule has 19 heavy (non-hydrogen) atoms. The highest BCUT2D eigenvalue weighted by molar-refractivity contribution is 6.00. The Hall–Kier alpha value is -2.46. The van der Waals surface area contributed by atoms with Crippen LogP contribution in [0.4, 0.5) is 0 Å². The molecule has 0 aromatic heterocycles. The maximum absolute atomic E-state index is 11.8. The molecule has 0 heterocycles. The smallest absolute Gasteiger partial charge is 0.340 e. The van der Waals surface area contributed by atoms with Crippen molar-refractivity contribution in [2.24, 2.45) is 0 Å². The van der Waals surface area contributed by atoms with Gasteiger partial charge in [0.05, 0.1) is 5.56 Å². The van der Waals surface area contributed by atoms with Crippen LogP contribution >= 0.6 is 0 Å². The Bertz CT molecular complexity index is 563. The zero-order chi connectivity index (χ0) is 13.7. The van der Waals surface area contributed by atoms with Gasteiger partial charge in [-0.05, 0) is 12.1 Å². The molecule has 0 saturated heterocycles. The minimum absolute atomic E-state index is 0.280. The van der Waals surface area contributed by atoms with Gasteiger partial charge in [-0.1, -0.05) is 48.5 Å². The summed E-state index contributed by atoms with van der Waals surface area (Å²) in [6.07, 6.45) is -1.80. The lowest BCUT2D eigenvalue weighted by Crippen LogP contribution is -2.27. The van der Waals surface area contributed by atoms with E-state index in [1.54, 1.807) is 60.7 Å². The van der Waals surface area contributed by atoms with E-state index in [0.29, 0.717) is 0 Å². The van der Waals surface area contributed by atoms with Crippen LogP contribution in [-0.4, -0.2) is 23.1 Å². The van der Waals surface area contributed by atoms with Crippen molar-refractivity contribution in [3.63, 3.8) is 0 Å². The number of carbonyl (C=O) groups excluding carboxylic acids is 2. The summed E-state index contributed by atoms with van der Waals surface area (Å²) in [5.74, 6) is -1.39. The molecule has 2 rings (SSSR count). The summed E-state index contributed by atoms with van der Waals surface area (Å²) in [7, 11) is 0. The van der Waals surface area contributed by atoms with Gasteiger partial charge in [-0.15, -0.1) is 0 Å². The number of hydrogen-bond donors (Lipinski definition) is 1. The van der Waals surface area contributed by atoms with E-state index in [1.807, 2.05) is 0 Å². The molecule has 0 radical (unpaired) electrons. The molecule has 0 spiro atoms. The fraction of sp³-hybridized carbons (Fsp3) is 0.0667. The number of Topliss-reactive ketones (excluding diaryl/α,β-unsaturated/α-hetero) is 1. The van der Waals surface area contributed by atoms with Gasteiger partial charge in [0.2, 0.25) is 5.78 Å². The van der Waals surface area contributed by atoms with E-state index >= 15 is 0 Å². The van der Waals surface area contributed by atoms with Crippen molar-refractivity contribution in [3.05, 3.63) is 71.8 Å². The van der Waals surface area contributed by atoms with Crippen LogP contribution in [0.3, 0.4) is 0 Å². The largest absolute Gasteiger partial charge is 0.424 e. The standard InChI is InChI=1S/C15H12O4/c16-13(11-7-3-1-4-8-11)15(18)19-14(17)12-9-5-2-6-10-12/h1-10,15,18H. The molecule has 96 valence electrons. The zero-order valence-corrected chi connectivity index (χ0v) is 10.0. The van der Waals surface area contributed by atoms with Crippen molar-refractivity contribution in [3.8, 4) is 0 Å². The molecule has 0 aliphatic heterocycles. The first-order chi connectivity index (χ1) is 9.18. The van der Waals surface area contributed by atoms with Gasteiger partial charge in [0.25, 0.3) is 6.29 Å². The minimum Gasteiger partial charge on any atom is -0.424 e. The Labute approximate surface area is 110 Å². The topological polar surface area (TPSA) is 63.6 Å². The van der Waals surface area contributed by atoms with E-state index in [1.165, 1.54) is 0 Å². The summed E-state index contributed by atoms with van der Waals surface area (Å²) in [5, 5.41) is 9.61. The Morgan fingerprint density at radius 2 is 1.32 bits per heavy atom. The highest BCUT2D eigenvalue weighted by Gasteiger charge is 2.21. The van der Waals surface area contributed by atoms with Crippen molar-refractivity contribution >= 4 is 11.8 Å². The summed E-state index contributed by atoms with van der Waals surface area (Å²) in [6, 6.07) is 16.3. The molecule has 0 fully saturated rings. The second kappa shape index (κ2) is 5.93. The Kier molecular flexibility index (Phi) is 4.05. The first kappa shape index (κ1) is 13.0. The van der Waals surface area contributed by atoms with E-state index in [2.05, 4.69) is 0 Å². The fourth-order valence-corrected chi connectivity index (χ4v) is 1.54. The average molecular weight is 256 g/mol. The predicted octanol–water partition coefficient (Wildman–Crippen LogP) is 2.04. The second-order valence-corrected chi connectivity index (χ2v) is 3.85. The molecule has 0 aliphatic rings. The number of hydrogen-bond acceptors (Lipinski definition) is 4. The number of aliphatic hydroxyl groups is 1.